The van der Waals surface area contributed by atoms with Crippen LogP contribution in [0.2, 0.25) is 0 Å². The minimum absolute atomic E-state index is 0.183. The van der Waals surface area contributed by atoms with Crippen molar-refractivity contribution in [3.63, 3.8) is 0 Å². The van der Waals surface area contributed by atoms with Crippen LogP contribution in [0.15, 0.2) is 42.7 Å². The van der Waals surface area contributed by atoms with Crippen LogP contribution in [0.4, 0.5) is 0 Å². The fourth-order valence-corrected chi connectivity index (χ4v) is 5.76. The molecule has 0 aliphatic carbocycles. The van der Waals surface area contributed by atoms with E-state index in [1.165, 1.54) is 23.1 Å². The lowest BCUT2D eigenvalue weighted by atomic mass is 9.86. The van der Waals surface area contributed by atoms with Crippen molar-refractivity contribution in [2.45, 2.75) is 59.2 Å². The van der Waals surface area contributed by atoms with Gasteiger partial charge in [0, 0.05) is 53.9 Å². The van der Waals surface area contributed by atoms with Crippen molar-refractivity contribution in [3.05, 3.63) is 81.9 Å². The van der Waals surface area contributed by atoms with E-state index in [0.717, 1.165) is 57.6 Å². The number of aromatic amines is 1. The van der Waals surface area contributed by atoms with E-state index < -0.39 is 0 Å². The third-order valence-corrected chi connectivity index (χ3v) is 7.44. The summed E-state index contributed by atoms with van der Waals surface area (Å²) in [5, 5.41) is 4.84. The molecule has 6 rings (SSSR count). The molecular formula is C29H31N5O. The van der Waals surface area contributed by atoms with E-state index in [4.69, 9.17) is 0 Å². The Balaban J connectivity index is 1.40. The minimum Gasteiger partial charge on any atom is -0.346 e. The number of H-pyrrole nitrogens is 1. The molecule has 6 nitrogen and oxygen atoms in total. The van der Waals surface area contributed by atoms with Gasteiger partial charge in [-0.25, -0.2) is 4.98 Å². The van der Waals surface area contributed by atoms with Crippen LogP contribution in [0, 0.1) is 20.8 Å². The zero-order chi connectivity index (χ0) is 24.1. The third kappa shape index (κ3) is 4.12. The van der Waals surface area contributed by atoms with Crippen molar-refractivity contribution >= 4 is 16.9 Å². The number of benzene rings is 1. The summed E-state index contributed by atoms with van der Waals surface area (Å²) in [7, 11) is 0. The predicted octanol–water partition coefficient (Wildman–Crippen LogP) is 5.06. The first-order chi connectivity index (χ1) is 16.9. The van der Waals surface area contributed by atoms with E-state index in [-0.39, 0.29) is 5.91 Å². The second-order valence-corrected chi connectivity index (χ2v) is 10.1. The van der Waals surface area contributed by atoms with Gasteiger partial charge in [-0.2, -0.15) is 0 Å². The molecule has 1 aromatic carbocycles. The van der Waals surface area contributed by atoms with Crippen molar-refractivity contribution in [1.82, 2.24) is 25.2 Å². The van der Waals surface area contributed by atoms with Gasteiger partial charge in [0.2, 0.25) is 5.91 Å². The van der Waals surface area contributed by atoms with Crippen LogP contribution in [-0.2, 0) is 24.3 Å². The molecule has 2 aliphatic rings. The molecular weight excluding hydrogens is 434 g/mol. The van der Waals surface area contributed by atoms with Gasteiger partial charge in [0.15, 0.2) is 0 Å². The van der Waals surface area contributed by atoms with Crippen molar-refractivity contribution < 1.29 is 4.79 Å². The summed E-state index contributed by atoms with van der Waals surface area (Å²) in [5.41, 5.74) is 11.3. The minimum atomic E-state index is 0.183. The molecule has 178 valence electrons. The maximum Gasteiger partial charge on any atom is 0.227 e. The number of aryl methyl sites for hydroxylation is 3. The van der Waals surface area contributed by atoms with E-state index in [1.54, 1.807) is 0 Å². The summed E-state index contributed by atoms with van der Waals surface area (Å²) in [5.74, 6) is 0.183. The number of nitrogens with zero attached hydrogens (tertiary/aromatic N) is 3. The van der Waals surface area contributed by atoms with Gasteiger partial charge in [0.1, 0.15) is 5.65 Å². The van der Waals surface area contributed by atoms with Crippen LogP contribution in [0.25, 0.3) is 22.2 Å². The number of aromatic nitrogens is 3. The monoisotopic (exact) mass is 465 g/mol. The highest BCUT2D eigenvalue weighted by atomic mass is 16.2. The normalized spacial score (nSPS) is 17.9. The topological polar surface area (TPSA) is 73.9 Å². The highest BCUT2D eigenvalue weighted by Gasteiger charge is 2.29. The lowest BCUT2D eigenvalue weighted by Crippen LogP contribution is -2.37. The molecule has 6 heteroatoms. The number of hydrogen-bond acceptors (Lipinski definition) is 4. The van der Waals surface area contributed by atoms with Gasteiger partial charge in [-0.1, -0.05) is 6.07 Å². The van der Waals surface area contributed by atoms with Gasteiger partial charge in [-0.3, -0.25) is 9.78 Å². The Morgan fingerprint density at radius 2 is 1.89 bits per heavy atom. The van der Waals surface area contributed by atoms with Crippen molar-refractivity contribution in [2.75, 3.05) is 6.54 Å². The Hall–Kier alpha value is -3.51. The number of nitrogens with one attached hydrogen (secondary N) is 2. The zero-order valence-electron chi connectivity index (χ0n) is 20.6. The van der Waals surface area contributed by atoms with Crippen LogP contribution in [0.1, 0.15) is 58.1 Å². The maximum atomic E-state index is 13.3. The van der Waals surface area contributed by atoms with E-state index in [1.807, 2.05) is 31.1 Å². The molecule has 1 amide bonds. The molecule has 2 aliphatic heterocycles. The summed E-state index contributed by atoms with van der Waals surface area (Å²) in [6, 6.07) is 11.3. The second-order valence-electron chi connectivity index (χ2n) is 10.1. The molecule has 5 heterocycles. The third-order valence-electron chi connectivity index (χ3n) is 7.44. The Labute approximate surface area is 205 Å². The fourth-order valence-electron chi connectivity index (χ4n) is 5.76. The Kier molecular flexibility index (Phi) is 5.41. The first kappa shape index (κ1) is 22.0. The summed E-state index contributed by atoms with van der Waals surface area (Å²) in [6.45, 7) is 8.43. The van der Waals surface area contributed by atoms with E-state index in [0.29, 0.717) is 25.6 Å². The molecule has 0 unspecified atom stereocenters. The molecule has 0 radical (unpaired) electrons. The molecule has 0 bridgehead atoms. The Bertz CT molecular complexity index is 1430. The standard InChI is InChI=1S/C29H31N5O/c1-17-13-31-29-24(17)11-23(14-32-29)21-9-22-12-28(35)34(15-20-7-18(2)33-19(3)8-20)16-26(22)25(10-21)27-5-4-6-30-27/h7-11,13-14,27,30H,4-6,12,15-16H2,1-3H3,(H,31,32)/t27-/m0/s1. The van der Waals surface area contributed by atoms with Gasteiger partial charge < -0.3 is 15.2 Å². The Morgan fingerprint density at radius 1 is 1.06 bits per heavy atom. The van der Waals surface area contributed by atoms with Crippen molar-refractivity contribution in [3.8, 4) is 11.1 Å². The molecule has 4 aromatic rings. The number of amides is 1. The Morgan fingerprint density at radius 3 is 2.66 bits per heavy atom. The average molecular weight is 466 g/mol. The lowest BCUT2D eigenvalue weighted by Gasteiger charge is -2.32. The van der Waals surface area contributed by atoms with Crippen LogP contribution in [0.5, 0.6) is 0 Å². The van der Waals surface area contributed by atoms with E-state index in [2.05, 4.69) is 57.5 Å². The van der Waals surface area contributed by atoms with E-state index >= 15 is 0 Å². The number of carbonyl (C=O) groups is 1. The molecule has 35 heavy (non-hydrogen) atoms. The maximum absolute atomic E-state index is 13.3. The molecule has 3 aromatic heterocycles. The predicted molar refractivity (Wildman–Crippen MR) is 138 cm³/mol. The summed E-state index contributed by atoms with van der Waals surface area (Å²) in [6.07, 6.45) is 6.68. The summed E-state index contributed by atoms with van der Waals surface area (Å²) < 4.78 is 0. The number of carbonyl (C=O) groups excluding carboxylic acids is 1. The van der Waals surface area contributed by atoms with Gasteiger partial charge in [-0.05, 0) is 97.8 Å². The molecule has 1 atom stereocenters. The molecule has 1 saturated heterocycles. The summed E-state index contributed by atoms with van der Waals surface area (Å²) in [4.78, 5) is 27.7. The van der Waals surface area contributed by atoms with Crippen LogP contribution in [0.3, 0.4) is 0 Å². The van der Waals surface area contributed by atoms with E-state index in [9.17, 15) is 4.79 Å². The molecule has 0 spiro atoms. The van der Waals surface area contributed by atoms with Crippen molar-refractivity contribution in [1.29, 1.82) is 0 Å². The number of rotatable bonds is 4. The zero-order valence-corrected chi connectivity index (χ0v) is 20.6. The van der Waals surface area contributed by atoms with Gasteiger partial charge in [-0.15, -0.1) is 0 Å². The van der Waals surface area contributed by atoms with Gasteiger partial charge >= 0.3 is 0 Å². The first-order valence-corrected chi connectivity index (χ1v) is 12.5. The van der Waals surface area contributed by atoms with Crippen LogP contribution in [-0.4, -0.2) is 32.3 Å². The van der Waals surface area contributed by atoms with Crippen LogP contribution >= 0.6 is 0 Å². The van der Waals surface area contributed by atoms with Gasteiger partial charge in [0.05, 0.1) is 6.42 Å². The van der Waals surface area contributed by atoms with Gasteiger partial charge in [0.25, 0.3) is 0 Å². The number of pyridine rings is 2. The highest BCUT2D eigenvalue weighted by Crippen LogP contribution is 2.36. The first-order valence-electron chi connectivity index (χ1n) is 12.5. The highest BCUT2D eigenvalue weighted by molar-refractivity contribution is 5.86. The molecule has 2 N–H and O–H groups in total. The molecule has 1 fully saturated rings. The number of hydrogen-bond donors (Lipinski definition) is 2. The quantitative estimate of drug-likeness (QED) is 0.442. The fraction of sp³-hybridized carbons (Fsp3) is 0.345. The average Bonchev–Trinajstić information content (AvgIpc) is 3.48. The largest absolute Gasteiger partial charge is 0.346 e. The lowest BCUT2D eigenvalue weighted by molar-refractivity contribution is -0.132. The molecule has 0 saturated carbocycles. The second kappa shape index (κ2) is 8.61. The SMILES string of the molecule is Cc1cc(CN2Cc3c(cc(-c4cnc5[nH]cc(C)c5c4)cc3[C@@H]3CCCN3)CC2=O)cc(C)n1. The van der Waals surface area contributed by atoms with Crippen LogP contribution < -0.4 is 5.32 Å². The van der Waals surface area contributed by atoms with Crippen molar-refractivity contribution in [2.24, 2.45) is 0 Å². The number of fused-ring (bicyclic) bond motifs is 2. The smallest absolute Gasteiger partial charge is 0.227 e. The summed E-state index contributed by atoms with van der Waals surface area (Å²) >= 11 is 0.